The van der Waals surface area contributed by atoms with Crippen LogP contribution in [-0.4, -0.2) is 65.5 Å². The quantitative estimate of drug-likeness (QED) is 0.219. The highest BCUT2D eigenvalue weighted by atomic mass is 32.2. The summed E-state index contributed by atoms with van der Waals surface area (Å²) >= 11 is 0. The van der Waals surface area contributed by atoms with Gasteiger partial charge in [0, 0.05) is 43.2 Å². The summed E-state index contributed by atoms with van der Waals surface area (Å²) in [6.07, 6.45) is 5.09. The first-order chi connectivity index (χ1) is 19.8. The first kappa shape index (κ1) is 30.9. The van der Waals surface area contributed by atoms with E-state index >= 15 is 0 Å². The summed E-state index contributed by atoms with van der Waals surface area (Å²) in [4.78, 5) is 35.1. The molecule has 1 saturated heterocycles. The van der Waals surface area contributed by atoms with Crippen molar-refractivity contribution in [1.82, 2.24) is 20.0 Å². The van der Waals surface area contributed by atoms with Crippen LogP contribution in [-0.2, 0) is 20.2 Å². The predicted octanol–water partition coefficient (Wildman–Crippen LogP) is 2.68. The minimum atomic E-state index is -4.22. The summed E-state index contributed by atoms with van der Waals surface area (Å²) in [5, 5.41) is 26.7. The van der Waals surface area contributed by atoms with E-state index in [9.17, 15) is 28.2 Å². The Balaban J connectivity index is 1.49. The van der Waals surface area contributed by atoms with Crippen molar-refractivity contribution in [3.63, 3.8) is 0 Å². The lowest BCUT2D eigenvalue weighted by atomic mass is 9.87. The van der Waals surface area contributed by atoms with Crippen LogP contribution in [0.2, 0.25) is 0 Å². The van der Waals surface area contributed by atoms with Gasteiger partial charge >= 0.3 is 5.97 Å². The zero-order chi connectivity index (χ0) is 30.5. The maximum Gasteiger partial charge on any atom is 0.323 e. The average molecular weight is 597 g/mol. The number of carbonyl (C=O) groups is 2. The molecule has 2 heterocycles. The molecule has 2 atom stereocenters. The molecule has 2 aromatic carbocycles. The number of carboxylic acid groups (broad SMARTS) is 1. The molecule has 0 saturated carbocycles. The molecule has 1 fully saturated rings. The van der Waals surface area contributed by atoms with Crippen molar-refractivity contribution in [2.45, 2.75) is 62.2 Å². The predicted molar refractivity (Wildman–Crippen MR) is 157 cm³/mol. The number of nitrogens with one attached hydrogen (secondary N) is 3. The summed E-state index contributed by atoms with van der Waals surface area (Å²) < 4.78 is 28.6. The fourth-order valence-electron chi connectivity index (χ4n) is 4.84. The number of anilines is 2. The number of hydrogen-bond donors (Lipinski definition) is 5. The molecule has 3 aromatic rings. The third-order valence-corrected chi connectivity index (χ3v) is 8.48. The van der Waals surface area contributed by atoms with Crippen LogP contribution < -0.4 is 20.3 Å². The van der Waals surface area contributed by atoms with Gasteiger partial charge in [-0.1, -0.05) is 45.0 Å². The van der Waals surface area contributed by atoms with Gasteiger partial charge in [0.25, 0.3) is 5.91 Å². The molecule has 0 spiro atoms. The Morgan fingerprint density at radius 3 is 2.45 bits per heavy atom. The number of benzene rings is 2. The van der Waals surface area contributed by atoms with Gasteiger partial charge in [-0.2, -0.15) is 4.72 Å². The van der Waals surface area contributed by atoms with Crippen LogP contribution in [0.4, 0.5) is 11.6 Å². The van der Waals surface area contributed by atoms with Gasteiger partial charge in [-0.15, -0.1) is 0 Å². The number of aliphatic carboxylic acids is 1. The molecule has 42 heavy (non-hydrogen) atoms. The van der Waals surface area contributed by atoms with Crippen molar-refractivity contribution in [2.24, 2.45) is 0 Å². The van der Waals surface area contributed by atoms with Crippen LogP contribution in [0.25, 0.3) is 0 Å². The van der Waals surface area contributed by atoms with Gasteiger partial charge in [-0.25, -0.2) is 18.4 Å². The number of hydrogen-bond acceptors (Lipinski definition) is 9. The first-order valence-corrected chi connectivity index (χ1v) is 15.1. The van der Waals surface area contributed by atoms with Crippen molar-refractivity contribution < 1.29 is 28.2 Å². The second-order valence-electron chi connectivity index (χ2n) is 11.1. The lowest BCUT2D eigenvalue weighted by molar-refractivity contribution is -0.138. The Morgan fingerprint density at radius 2 is 1.76 bits per heavy atom. The van der Waals surface area contributed by atoms with E-state index in [4.69, 9.17) is 0 Å². The van der Waals surface area contributed by atoms with Crippen molar-refractivity contribution in [2.75, 3.05) is 23.3 Å². The summed E-state index contributed by atoms with van der Waals surface area (Å²) in [6.45, 7) is 5.60. The van der Waals surface area contributed by atoms with Crippen molar-refractivity contribution in [3.05, 3.63) is 78.1 Å². The molecular formula is C29H36N6O6S. The number of aliphatic hydroxyl groups is 1. The number of carbonyl (C=O) groups excluding carboxylic acids is 1. The van der Waals surface area contributed by atoms with Gasteiger partial charge in [-0.05, 0) is 54.2 Å². The Bertz CT molecular complexity index is 1530. The van der Waals surface area contributed by atoms with Crippen LogP contribution in [0.5, 0.6) is 0 Å². The van der Waals surface area contributed by atoms with E-state index in [-0.39, 0.29) is 16.4 Å². The highest BCUT2D eigenvalue weighted by Gasteiger charge is 2.38. The van der Waals surface area contributed by atoms with E-state index in [0.29, 0.717) is 24.2 Å². The lowest BCUT2D eigenvalue weighted by Gasteiger charge is -2.44. The minimum absolute atomic E-state index is 0.0219. The molecule has 1 aromatic heterocycles. The normalized spacial score (nSPS) is 18.2. The van der Waals surface area contributed by atoms with E-state index < -0.39 is 45.8 Å². The monoisotopic (exact) mass is 596 g/mol. The largest absolute Gasteiger partial charge is 0.480 e. The van der Waals surface area contributed by atoms with Crippen LogP contribution in [0.15, 0.2) is 71.9 Å². The second kappa shape index (κ2) is 12.4. The molecule has 4 rings (SSSR count). The van der Waals surface area contributed by atoms with Crippen LogP contribution in [0.1, 0.15) is 56.0 Å². The van der Waals surface area contributed by atoms with E-state index in [2.05, 4.69) is 25.3 Å². The van der Waals surface area contributed by atoms with E-state index in [0.717, 1.165) is 12.8 Å². The summed E-state index contributed by atoms with van der Waals surface area (Å²) in [5.74, 6) is -3.27. The van der Waals surface area contributed by atoms with Crippen molar-refractivity contribution in [1.29, 1.82) is 0 Å². The van der Waals surface area contributed by atoms with E-state index in [1.54, 1.807) is 65.8 Å². The smallest absolute Gasteiger partial charge is 0.323 e. The molecule has 13 heteroatoms. The Hall–Kier alpha value is -4.07. The Labute approximate surface area is 245 Å². The number of rotatable bonds is 10. The third kappa shape index (κ3) is 7.22. The van der Waals surface area contributed by atoms with Gasteiger partial charge < -0.3 is 25.7 Å². The van der Waals surface area contributed by atoms with Crippen LogP contribution in [0, 0.1) is 0 Å². The van der Waals surface area contributed by atoms with Crippen LogP contribution in [0.3, 0.4) is 0 Å². The first-order valence-electron chi connectivity index (χ1n) is 13.6. The molecule has 0 aliphatic carbocycles. The maximum atomic E-state index is 13.2. The number of piperidine rings is 1. The molecule has 224 valence electrons. The van der Waals surface area contributed by atoms with Crippen molar-refractivity contribution >= 4 is 33.5 Å². The fourth-order valence-corrected chi connectivity index (χ4v) is 6.45. The zero-order valence-corrected chi connectivity index (χ0v) is 24.6. The summed E-state index contributed by atoms with van der Waals surface area (Å²) in [6, 6.07) is 13.0. The van der Waals surface area contributed by atoms with Gasteiger partial charge in [-0.3, -0.25) is 9.59 Å². The van der Waals surface area contributed by atoms with E-state index in [1.807, 2.05) is 20.8 Å². The van der Waals surface area contributed by atoms with Crippen LogP contribution >= 0.6 is 0 Å². The van der Waals surface area contributed by atoms with Gasteiger partial charge in [0.1, 0.15) is 6.04 Å². The standard InChI is InChI=1S/C29H36N6O6S/c1-28(2,3)22-12-4-5-13-24(22)42(40,41)34-23(26(37)38)19-32-25(36)20-10-8-11-21(18-20)35-17-7-6-14-29(35,39)33-27-30-15-9-16-31-27/h4-5,8-13,15-16,18,23,34,39H,6-7,14,17,19H2,1-3H3,(H,32,36)(H,37,38)(H,30,31,33)/t23-,29?/m0/s1. The third-order valence-electron chi connectivity index (χ3n) is 6.95. The molecule has 1 aliphatic rings. The Kier molecular flexibility index (Phi) is 9.14. The molecule has 1 aliphatic heterocycles. The number of carboxylic acids is 1. The molecule has 0 radical (unpaired) electrons. The highest BCUT2D eigenvalue weighted by molar-refractivity contribution is 7.89. The number of nitrogens with zero attached hydrogens (tertiary/aromatic N) is 3. The Morgan fingerprint density at radius 1 is 1.05 bits per heavy atom. The fraction of sp³-hybridized carbons (Fsp3) is 0.379. The number of amides is 1. The molecule has 0 bridgehead atoms. The molecule has 1 amide bonds. The number of aromatic nitrogens is 2. The number of sulfonamides is 1. The van der Waals surface area contributed by atoms with E-state index in [1.165, 1.54) is 6.07 Å². The lowest BCUT2D eigenvalue weighted by Crippen LogP contribution is -2.58. The van der Waals surface area contributed by atoms with Crippen molar-refractivity contribution in [3.8, 4) is 0 Å². The molecule has 1 unspecified atom stereocenters. The van der Waals surface area contributed by atoms with Gasteiger partial charge in [0.2, 0.25) is 21.8 Å². The minimum Gasteiger partial charge on any atom is -0.480 e. The molecular weight excluding hydrogens is 560 g/mol. The van der Waals surface area contributed by atoms with Gasteiger partial charge in [0.15, 0.2) is 0 Å². The highest BCUT2D eigenvalue weighted by Crippen LogP contribution is 2.32. The summed E-state index contributed by atoms with van der Waals surface area (Å²) in [7, 11) is -4.22. The maximum absolute atomic E-state index is 13.2. The SMILES string of the molecule is CC(C)(C)c1ccccc1S(=O)(=O)N[C@@H](CNC(=O)c1cccc(N2CCCCC2(O)Nc2ncccn2)c1)C(=O)O. The molecule has 5 N–H and O–H groups in total. The zero-order valence-electron chi connectivity index (χ0n) is 23.7. The van der Waals surface area contributed by atoms with Gasteiger partial charge in [0.05, 0.1) is 4.90 Å². The topological polar surface area (TPSA) is 174 Å². The second-order valence-corrected chi connectivity index (χ2v) is 12.8. The summed E-state index contributed by atoms with van der Waals surface area (Å²) in [5.41, 5.74) is 0.797. The average Bonchev–Trinajstić information content (AvgIpc) is 2.95. The molecule has 12 nitrogen and oxygen atoms in total.